The van der Waals surface area contributed by atoms with Crippen molar-refractivity contribution in [3.05, 3.63) is 0 Å². The van der Waals surface area contributed by atoms with Gasteiger partial charge in [-0.1, -0.05) is 6.92 Å². The van der Waals surface area contributed by atoms with Crippen molar-refractivity contribution in [2.24, 2.45) is 0 Å². The third kappa shape index (κ3) is 1.46. The molecule has 0 bridgehead atoms. The molecule has 1 rings (SSSR count). The average Bonchev–Trinajstić information content (AvgIpc) is 2.09. The molecule has 1 aliphatic rings. The summed E-state index contributed by atoms with van der Waals surface area (Å²) in [6, 6.07) is 0. The second kappa shape index (κ2) is 3.27. The lowest BCUT2D eigenvalue weighted by atomic mass is 9.95. The van der Waals surface area contributed by atoms with E-state index in [1.165, 1.54) is 0 Å². The van der Waals surface area contributed by atoms with Crippen LogP contribution >= 0.6 is 0 Å². The Hall–Kier alpha value is -0.200. The van der Waals surface area contributed by atoms with Gasteiger partial charge in [-0.2, -0.15) is 0 Å². The molecule has 1 saturated heterocycles. The fourth-order valence-electron chi connectivity index (χ4n) is 1.20. The highest BCUT2D eigenvalue weighted by Gasteiger charge is 2.46. The third-order valence-electron chi connectivity index (χ3n) is 2.19. The van der Waals surface area contributed by atoms with Gasteiger partial charge in [0.05, 0.1) is 6.61 Å². The van der Waals surface area contributed by atoms with Crippen molar-refractivity contribution in [2.45, 2.75) is 37.4 Å². The lowest BCUT2D eigenvalue weighted by Crippen LogP contribution is -2.60. The summed E-state index contributed by atoms with van der Waals surface area (Å²) in [4.78, 5) is 0. The van der Waals surface area contributed by atoms with Gasteiger partial charge in [-0.25, -0.2) is 0 Å². The first kappa shape index (κ1) is 9.88. The van der Waals surface area contributed by atoms with E-state index in [-0.39, 0.29) is 13.0 Å². The highest BCUT2D eigenvalue weighted by atomic mass is 16.6. The van der Waals surface area contributed by atoms with E-state index < -0.39 is 24.1 Å². The predicted octanol–water partition coefficient (Wildman–Crippen LogP) is -1.80. The first-order valence-corrected chi connectivity index (χ1v) is 3.92. The molecule has 5 nitrogen and oxygen atoms in total. The van der Waals surface area contributed by atoms with Gasteiger partial charge in [0.25, 0.3) is 0 Å². The standard InChI is InChI=1S/C7H14O5/c1-2-7(11)6(10)5(9)4(8)3-12-7/h4-6,8-11H,2-3H2,1H3/t4-,5+,6+,7-/m1/s1. The molecular formula is C7H14O5. The SMILES string of the molecule is CC[C@@]1(O)OC[C@@H](O)[C@H](O)[C@@H]1O. The Balaban J connectivity index is 2.71. The number of aliphatic hydroxyl groups is 4. The quantitative estimate of drug-likeness (QED) is 0.380. The van der Waals surface area contributed by atoms with Crippen LogP contribution in [0.3, 0.4) is 0 Å². The van der Waals surface area contributed by atoms with E-state index in [2.05, 4.69) is 0 Å². The van der Waals surface area contributed by atoms with E-state index in [1.54, 1.807) is 6.92 Å². The minimum absolute atomic E-state index is 0.164. The molecule has 0 saturated carbocycles. The summed E-state index contributed by atoms with van der Waals surface area (Å²) in [5.41, 5.74) is 0. The summed E-state index contributed by atoms with van der Waals surface area (Å²) in [6.07, 6.45) is -3.76. The maximum atomic E-state index is 9.49. The van der Waals surface area contributed by atoms with Crippen LogP contribution in [0.2, 0.25) is 0 Å². The summed E-state index contributed by atoms with van der Waals surface area (Å²) in [5, 5.41) is 37.0. The van der Waals surface area contributed by atoms with Crippen LogP contribution in [-0.2, 0) is 4.74 Å². The molecular weight excluding hydrogens is 164 g/mol. The highest BCUT2D eigenvalue weighted by molar-refractivity contribution is 4.90. The van der Waals surface area contributed by atoms with Crippen LogP contribution in [0.1, 0.15) is 13.3 Å². The summed E-state index contributed by atoms with van der Waals surface area (Å²) < 4.78 is 4.81. The van der Waals surface area contributed by atoms with Crippen LogP contribution < -0.4 is 0 Å². The van der Waals surface area contributed by atoms with Crippen molar-refractivity contribution in [1.82, 2.24) is 0 Å². The fourth-order valence-corrected chi connectivity index (χ4v) is 1.20. The molecule has 0 aromatic carbocycles. The second-order valence-electron chi connectivity index (χ2n) is 3.01. The zero-order valence-electron chi connectivity index (χ0n) is 6.84. The Morgan fingerprint density at radius 3 is 2.50 bits per heavy atom. The number of rotatable bonds is 1. The molecule has 0 aromatic heterocycles. The van der Waals surface area contributed by atoms with Crippen molar-refractivity contribution in [1.29, 1.82) is 0 Å². The topological polar surface area (TPSA) is 90.2 Å². The average molecular weight is 178 g/mol. The van der Waals surface area contributed by atoms with Crippen molar-refractivity contribution < 1.29 is 25.2 Å². The minimum atomic E-state index is -1.72. The predicted molar refractivity (Wildman–Crippen MR) is 39.2 cm³/mol. The molecule has 0 aliphatic carbocycles. The number of aliphatic hydroxyl groups excluding tert-OH is 3. The monoisotopic (exact) mass is 178 g/mol. The Labute approximate surface area is 70.2 Å². The van der Waals surface area contributed by atoms with E-state index in [9.17, 15) is 15.3 Å². The lowest BCUT2D eigenvalue weighted by Gasteiger charge is -2.41. The summed E-state index contributed by atoms with van der Waals surface area (Å²) in [6.45, 7) is 1.45. The molecule has 4 N–H and O–H groups in total. The Morgan fingerprint density at radius 1 is 1.42 bits per heavy atom. The van der Waals surface area contributed by atoms with Gasteiger partial charge in [0.1, 0.15) is 18.3 Å². The Bertz CT molecular complexity index is 162. The molecule has 0 radical (unpaired) electrons. The first-order chi connectivity index (χ1) is 5.51. The Kier molecular flexibility index (Phi) is 2.70. The van der Waals surface area contributed by atoms with Crippen LogP contribution in [0, 0.1) is 0 Å². The molecule has 1 aliphatic heterocycles. The van der Waals surface area contributed by atoms with Gasteiger partial charge < -0.3 is 25.2 Å². The van der Waals surface area contributed by atoms with E-state index >= 15 is 0 Å². The normalized spacial score (nSPS) is 49.2. The second-order valence-corrected chi connectivity index (χ2v) is 3.01. The molecule has 0 amide bonds. The minimum Gasteiger partial charge on any atom is -0.388 e. The number of ether oxygens (including phenoxy) is 1. The van der Waals surface area contributed by atoms with Gasteiger partial charge in [-0.15, -0.1) is 0 Å². The molecule has 1 heterocycles. The molecule has 0 aromatic rings. The van der Waals surface area contributed by atoms with Gasteiger partial charge in [-0.05, 0) is 0 Å². The molecule has 0 unspecified atom stereocenters. The van der Waals surface area contributed by atoms with Crippen molar-refractivity contribution >= 4 is 0 Å². The molecule has 12 heavy (non-hydrogen) atoms. The van der Waals surface area contributed by atoms with Gasteiger partial charge in [0, 0.05) is 6.42 Å². The molecule has 5 heteroatoms. The van der Waals surface area contributed by atoms with E-state index in [1.807, 2.05) is 0 Å². The van der Waals surface area contributed by atoms with Crippen LogP contribution in [0.5, 0.6) is 0 Å². The maximum absolute atomic E-state index is 9.49. The summed E-state index contributed by atoms with van der Waals surface area (Å²) in [5.74, 6) is -1.72. The molecule has 0 spiro atoms. The van der Waals surface area contributed by atoms with Crippen LogP contribution in [0.4, 0.5) is 0 Å². The van der Waals surface area contributed by atoms with Crippen LogP contribution in [-0.4, -0.2) is 51.1 Å². The van der Waals surface area contributed by atoms with Crippen LogP contribution in [0.15, 0.2) is 0 Å². The van der Waals surface area contributed by atoms with Gasteiger partial charge in [0.2, 0.25) is 0 Å². The van der Waals surface area contributed by atoms with Gasteiger partial charge in [-0.3, -0.25) is 0 Å². The van der Waals surface area contributed by atoms with Gasteiger partial charge in [0.15, 0.2) is 5.79 Å². The summed E-state index contributed by atoms with van der Waals surface area (Å²) >= 11 is 0. The lowest BCUT2D eigenvalue weighted by molar-refractivity contribution is -0.321. The first-order valence-electron chi connectivity index (χ1n) is 3.92. The van der Waals surface area contributed by atoms with Crippen molar-refractivity contribution in [3.8, 4) is 0 Å². The van der Waals surface area contributed by atoms with E-state index in [0.29, 0.717) is 0 Å². The van der Waals surface area contributed by atoms with E-state index in [0.717, 1.165) is 0 Å². The number of hydrogen-bond acceptors (Lipinski definition) is 5. The molecule has 1 fully saturated rings. The highest BCUT2D eigenvalue weighted by Crippen LogP contribution is 2.26. The zero-order chi connectivity index (χ0) is 9.35. The van der Waals surface area contributed by atoms with Gasteiger partial charge >= 0.3 is 0 Å². The van der Waals surface area contributed by atoms with E-state index in [4.69, 9.17) is 9.84 Å². The number of hydrogen-bond donors (Lipinski definition) is 4. The summed E-state index contributed by atoms with van der Waals surface area (Å²) in [7, 11) is 0. The van der Waals surface area contributed by atoms with Crippen molar-refractivity contribution in [2.75, 3.05) is 6.61 Å². The van der Waals surface area contributed by atoms with Crippen molar-refractivity contribution in [3.63, 3.8) is 0 Å². The largest absolute Gasteiger partial charge is 0.388 e. The maximum Gasteiger partial charge on any atom is 0.194 e. The Morgan fingerprint density at radius 2 is 2.00 bits per heavy atom. The zero-order valence-corrected chi connectivity index (χ0v) is 6.84. The molecule has 4 atom stereocenters. The fraction of sp³-hybridized carbons (Fsp3) is 1.00. The smallest absolute Gasteiger partial charge is 0.194 e. The molecule has 72 valence electrons. The third-order valence-corrected chi connectivity index (χ3v) is 2.19. The van der Waals surface area contributed by atoms with Crippen LogP contribution in [0.25, 0.3) is 0 Å².